The first-order valence-electron chi connectivity index (χ1n) is 7.11. The van der Waals surface area contributed by atoms with Crippen LogP contribution in [0, 0.1) is 0 Å². The predicted molar refractivity (Wildman–Crippen MR) is 82.4 cm³/mol. The second kappa shape index (κ2) is 6.12. The van der Waals surface area contributed by atoms with E-state index in [1.54, 1.807) is 6.07 Å². The Morgan fingerprint density at radius 3 is 2.67 bits per heavy atom. The Bertz CT molecular complexity index is 528. The van der Waals surface area contributed by atoms with E-state index in [0.29, 0.717) is 17.1 Å². The molecule has 0 saturated carbocycles. The molecule has 3 rings (SSSR count). The van der Waals surface area contributed by atoms with Gasteiger partial charge in [0.2, 0.25) is 0 Å². The number of carbonyl (C=O) groups is 1. The number of fused-ring (bicyclic) bond motifs is 1. The van der Waals surface area contributed by atoms with Crippen LogP contribution in [0.15, 0.2) is 18.2 Å². The van der Waals surface area contributed by atoms with E-state index < -0.39 is 5.72 Å². The van der Waals surface area contributed by atoms with Crippen LogP contribution in [0.4, 0.5) is 0 Å². The van der Waals surface area contributed by atoms with Crippen molar-refractivity contribution in [3.8, 4) is 11.5 Å². The Morgan fingerprint density at radius 1 is 1.29 bits per heavy atom. The molecule has 1 amide bonds. The van der Waals surface area contributed by atoms with Crippen molar-refractivity contribution >= 4 is 18.3 Å². The van der Waals surface area contributed by atoms with E-state index in [1.165, 1.54) is 0 Å². The zero-order valence-electron chi connectivity index (χ0n) is 12.3. The van der Waals surface area contributed by atoms with Gasteiger partial charge in [0, 0.05) is 25.9 Å². The molecule has 5 nitrogen and oxygen atoms in total. The number of amides is 1. The molecular weight excluding hydrogens is 292 g/mol. The van der Waals surface area contributed by atoms with Gasteiger partial charge in [-0.3, -0.25) is 4.79 Å². The molecule has 0 radical (unpaired) electrons. The van der Waals surface area contributed by atoms with E-state index in [4.69, 9.17) is 9.47 Å². The molecule has 0 unspecified atom stereocenters. The standard InChI is InChI=1S/C15H20N2O3.ClH/c1-10(2)19-11-3-4-13-12(9-11)14(18)17-15(20-13)5-7-16-8-6-15;/h3-4,9-10,16H,5-8H2,1-2H3,(H,17,18);1H. The van der Waals surface area contributed by atoms with Crippen molar-refractivity contribution in [2.75, 3.05) is 13.1 Å². The van der Waals surface area contributed by atoms with Crippen LogP contribution in [0.2, 0.25) is 0 Å². The number of ether oxygens (including phenoxy) is 2. The van der Waals surface area contributed by atoms with Gasteiger partial charge >= 0.3 is 0 Å². The average Bonchev–Trinajstić information content (AvgIpc) is 2.40. The third kappa shape index (κ3) is 3.24. The Hall–Kier alpha value is -1.46. The highest BCUT2D eigenvalue weighted by Crippen LogP contribution is 2.34. The second-order valence-electron chi connectivity index (χ2n) is 5.63. The summed E-state index contributed by atoms with van der Waals surface area (Å²) in [5.74, 6) is 1.26. The van der Waals surface area contributed by atoms with Crippen LogP contribution in [-0.4, -0.2) is 30.8 Å². The van der Waals surface area contributed by atoms with Gasteiger partial charge in [-0.05, 0) is 32.0 Å². The Morgan fingerprint density at radius 2 is 2.00 bits per heavy atom. The van der Waals surface area contributed by atoms with E-state index in [0.717, 1.165) is 25.9 Å². The summed E-state index contributed by atoms with van der Waals surface area (Å²) < 4.78 is 11.7. The number of halogens is 1. The van der Waals surface area contributed by atoms with Gasteiger partial charge < -0.3 is 20.1 Å². The topological polar surface area (TPSA) is 59.6 Å². The van der Waals surface area contributed by atoms with Gasteiger partial charge in [-0.2, -0.15) is 0 Å². The lowest BCUT2D eigenvalue weighted by molar-refractivity contribution is -0.00365. The lowest BCUT2D eigenvalue weighted by Gasteiger charge is -2.41. The summed E-state index contributed by atoms with van der Waals surface area (Å²) in [7, 11) is 0. The number of nitrogens with one attached hydrogen (secondary N) is 2. The third-order valence-electron chi connectivity index (χ3n) is 3.63. The van der Waals surface area contributed by atoms with Gasteiger partial charge in [-0.15, -0.1) is 12.4 Å². The number of benzene rings is 1. The Kier molecular flexibility index (Phi) is 4.64. The molecule has 0 bridgehead atoms. The fraction of sp³-hybridized carbons (Fsp3) is 0.533. The molecule has 0 atom stereocenters. The van der Waals surface area contributed by atoms with Gasteiger partial charge in [0.05, 0.1) is 11.7 Å². The number of piperidine rings is 1. The first-order chi connectivity index (χ1) is 9.58. The molecule has 21 heavy (non-hydrogen) atoms. The average molecular weight is 313 g/mol. The van der Waals surface area contributed by atoms with Crippen LogP contribution in [0.3, 0.4) is 0 Å². The molecule has 2 N–H and O–H groups in total. The van der Waals surface area contributed by atoms with Crippen molar-refractivity contribution in [3.63, 3.8) is 0 Å². The lowest BCUT2D eigenvalue weighted by atomic mass is 9.98. The van der Waals surface area contributed by atoms with Gasteiger partial charge in [-0.25, -0.2) is 0 Å². The number of rotatable bonds is 2. The van der Waals surface area contributed by atoms with Gasteiger partial charge in [0.25, 0.3) is 5.91 Å². The van der Waals surface area contributed by atoms with Crippen molar-refractivity contribution < 1.29 is 14.3 Å². The van der Waals surface area contributed by atoms with E-state index in [9.17, 15) is 4.79 Å². The maximum Gasteiger partial charge on any atom is 0.258 e. The summed E-state index contributed by atoms with van der Waals surface area (Å²) in [5.41, 5.74) is 0.00256. The van der Waals surface area contributed by atoms with Crippen molar-refractivity contribution in [1.29, 1.82) is 0 Å². The largest absolute Gasteiger partial charge is 0.491 e. The summed E-state index contributed by atoms with van der Waals surface area (Å²) in [6.07, 6.45) is 1.64. The highest BCUT2D eigenvalue weighted by Gasteiger charge is 2.40. The van der Waals surface area contributed by atoms with E-state index in [1.807, 2.05) is 26.0 Å². The van der Waals surface area contributed by atoms with Crippen LogP contribution >= 0.6 is 12.4 Å². The summed E-state index contributed by atoms with van der Waals surface area (Å²) in [5, 5.41) is 6.29. The molecule has 2 aliphatic heterocycles. The van der Waals surface area contributed by atoms with Crippen LogP contribution in [0.25, 0.3) is 0 Å². The molecule has 1 aromatic rings. The molecule has 0 aliphatic carbocycles. The molecule has 1 saturated heterocycles. The molecule has 1 spiro atoms. The van der Waals surface area contributed by atoms with Gasteiger partial charge in [-0.1, -0.05) is 0 Å². The number of hydrogen-bond acceptors (Lipinski definition) is 4. The van der Waals surface area contributed by atoms with Gasteiger partial charge in [0.15, 0.2) is 5.72 Å². The minimum absolute atomic E-state index is 0. The predicted octanol–water partition coefficient (Wildman–Crippen LogP) is 2.10. The molecule has 2 heterocycles. The fourth-order valence-corrected chi connectivity index (χ4v) is 2.69. The maximum absolute atomic E-state index is 12.3. The van der Waals surface area contributed by atoms with Crippen LogP contribution in [0.5, 0.6) is 11.5 Å². The van der Waals surface area contributed by atoms with Crippen molar-refractivity contribution in [2.45, 2.75) is 38.5 Å². The monoisotopic (exact) mass is 312 g/mol. The quantitative estimate of drug-likeness (QED) is 0.878. The maximum atomic E-state index is 12.3. The van der Waals surface area contributed by atoms with Crippen molar-refractivity contribution in [1.82, 2.24) is 10.6 Å². The SMILES string of the molecule is CC(C)Oc1ccc2c(c1)C(=O)NC1(CCNCC1)O2.Cl. The molecule has 116 valence electrons. The van der Waals surface area contributed by atoms with E-state index in [2.05, 4.69) is 10.6 Å². The van der Waals surface area contributed by atoms with Crippen LogP contribution in [-0.2, 0) is 0 Å². The fourth-order valence-electron chi connectivity index (χ4n) is 2.69. The van der Waals surface area contributed by atoms with Gasteiger partial charge in [0.1, 0.15) is 11.5 Å². The normalized spacial score (nSPS) is 19.3. The molecule has 1 fully saturated rings. The van der Waals surface area contributed by atoms with Crippen LogP contribution < -0.4 is 20.1 Å². The number of hydrogen-bond donors (Lipinski definition) is 2. The summed E-state index contributed by atoms with van der Waals surface area (Å²) >= 11 is 0. The number of carbonyl (C=O) groups excluding carboxylic acids is 1. The first kappa shape index (κ1) is 15.9. The molecule has 0 aromatic heterocycles. The smallest absolute Gasteiger partial charge is 0.258 e. The molecule has 2 aliphatic rings. The van der Waals surface area contributed by atoms with Crippen molar-refractivity contribution in [2.24, 2.45) is 0 Å². The minimum Gasteiger partial charge on any atom is -0.491 e. The molecular formula is C15H21ClN2O3. The van der Waals surface area contributed by atoms with E-state index >= 15 is 0 Å². The Labute approximate surface area is 130 Å². The second-order valence-corrected chi connectivity index (χ2v) is 5.63. The van der Waals surface area contributed by atoms with E-state index in [-0.39, 0.29) is 24.4 Å². The molecule has 6 heteroatoms. The summed E-state index contributed by atoms with van der Waals surface area (Å²) in [6.45, 7) is 5.62. The summed E-state index contributed by atoms with van der Waals surface area (Å²) in [6, 6.07) is 5.43. The zero-order chi connectivity index (χ0) is 14.2. The minimum atomic E-state index is -0.546. The highest BCUT2D eigenvalue weighted by atomic mass is 35.5. The Balaban J connectivity index is 0.00000161. The zero-order valence-corrected chi connectivity index (χ0v) is 13.1. The van der Waals surface area contributed by atoms with Crippen molar-refractivity contribution in [3.05, 3.63) is 23.8 Å². The lowest BCUT2D eigenvalue weighted by Crippen LogP contribution is -2.60. The first-order valence-corrected chi connectivity index (χ1v) is 7.11. The summed E-state index contributed by atoms with van der Waals surface area (Å²) in [4.78, 5) is 12.3. The van der Waals surface area contributed by atoms with Crippen LogP contribution in [0.1, 0.15) is 37.0 Å². The molecule has 1 aromatic carbocycles. The third-order valence-corrected chi connectivity index (χ3v) is 3.63. The highest BCUT2D eigenvalue weighted by molar-refractivity contribution is 5.98.